The van der Waals surface area contributed by atoms with Gasteiger partial charge in [-0.2, -0.15) is 0 Å². The summed E-state index contributed by atoms with van der Waals surface area (Å²) >= 11 is 0. The van der Waals surface area contributed by atoms with Gasteiger partial charge in [0.1, 0.15) is 0 Å². The van der Waals surface area contributed by atoms with E-state index in [1.807, 2.05) is 0 Å². The predicted octanol–water partition coefficient (Wildman–Crippen LogP) is 15.2. The SMILES string of the molecule is c1ccc2c(c1)-c1ccc(-c3ccc4ccc5cccc6ccc3c4c56)cc1C21c2ccccc2-c2ccc(-c3ccc4ccc5cccc6ccc3c4c56)cc21. The van der Waals surface area contributed by atoms with Gasteiger partial charge in [-0.3, -0.25) is 0 Å². The van der Waals surface area contributed by atoms with Gasteiger partial charge in [0.25, 0.3) is 0 Å². The summed E-state index contributed by atoms with van der Waals surface area (Å²) < 4.78 is 0. The monoisotopic (exact) mass is 716 g/mol. The van der Waals surface area contributed by atoms with Crippen LogP contribution >= 0.6 is 0 Å². The second-order valence-electron chi connectivity index (χ2n) is 16.3. The standard InChI is InChI=1S/C57H32/c1-3-13-49-43(11-1)45-27-23-39(41-25-19-37-17-15-33-7-5-9-35-21-29-47(41)55(37)53(33)35)31-51(45)57(49)50-14-4-2-12-44(50)46-28-24-40(32-52(46)57)42-26-20-38-18-16-34-8-6-10-36-22-30-48(42)56(38)54(34)36/h1-32H. The van der Waals surface area contributed by atoms with Crippen LogP contribution in [-0.2, 0) is 5.41 Å². The number of fused-ring (bicyclic) bond motifs is 10. The third-order valence-corrected chi connectivity index (χ3v) is 13.8. The summed E-state index contributed by atoms with van der Waals surface area (Å²) in [5, 5.41) is 15.8. The molecule has 260 valence electrons. The molecule has 57 heavy (non-hydrogen) atoms. The lowest BCUT2D eigenvalue weighted by atomic mass is 9.70. The Morgan fingerprint density at radius 2 is 0.579 bits per heavy atom. The molecular formula is C57H32. The molecule has 2 aliphatic rings. The molecule has 0 N–H and O–H groups in total. The molecule has 0 radical (unpaired) electrons. The highest BCUT2D eigenvalue weighted by Crippen LogP contribution is 2.63. The van der Waals surface area contributed by atoms with E-state index < -0.39 is 5.41 Å². The van der Waals surface area contributed by atoms with Crippen LogP contribution < -0.4 is 0 Å². The van der Waals surface area contributed by atoms with Crippen LogP contribution in [0.4, 0.5) is 0 Å². The first-order valence-corrected chi connectivity index (χ1v) is 20.1. The Morgan fingerprint density at radius 3 is 1.04 bits per heavy atom. The van der Waals surface area contributed by atoms with Gasteiger partial charge < -0.3 is 0 Å². The third-order valence-electron chi connectivity index (χ3n) is 13.8. The fourth-order valence-corrected chi connectivity index (χ4v) is 11.4. The normalized spacial score (nSPS) is 13.8. The minimum Gasteiger partial charge on any atom is -0.0619 e. The molecule has 0 atom stereocenters. The molecule has 0 fully saturated rings. The first-order valence-electron chi connectivity index (χ1n) is 20.1. The lowest BCUT2D eigenvalue weighted by molar-refractivity contribution is 0.794. The third kappa shape index (κ3) is 3.65. The molecule has 12 aromatic rings. The molecule has 0 saturated carbocycles. The van der Waals surface area contributed by atoms with Crippen molar-refractivity contribution in [3.05, 3.63) is 216 Å². The largest absolute Gasteiger partial charge is 0.0725 e. The molecule has 0 aliphatic heterocycles. The maximum Gasteiger partial charge on any atom is 0.0725 e. The van der Waals surface area contributed by atoms with Gasteiger partial charge in [0.05, 0.1) is 5.41 Å². The summed E-state index contributed by atoms with van der Waals surface area (Å²) in [6, 6.07) is 74.0. The Balaban J connectivity index is 1.05. The molecule has 14 rings (SSSR count). The molecule has 0 aromatic heterocycles. The minimum absolute atomic E-state index is 0.461. The van der Waals surface area contributed by atoms with Crippen LogP contribution in [0.3, 0.4) is 0 Å². The topological polar surface area (TPSA) is 0 Å². The summed E-state index contributed by atoms with van der Waals surface area (Å²) in [6.45, 7) is 0. The van der Waals surface area contributed by atoms with E-state index in [0.717, 1.165) is 0 Å². The van der Waals surface area contributed by atoms with E-state index in [9.17, 15) is 0 Å². The van der Waals surface area contributed by atoms with Crippen molar-refractivity contribution in [3.8, 4) is 44.5 Å². The van der Waals surface area contributed by atoms with Gasteiger partial charge in [0.15, 0.2) is 0 Å². The lowest BCUT2D eigenvalue weighted by Crippen LogP contribution is -2.26. The highest BCUT2D eigenvalue weighted by molar-refractivity contribution is 6.27. The average molecular weight is 717 g/mol. The van der Waals surface area contributed by atoms with Gasteiger partial charge in [0, 0.05) is 0 Å². The summed E-state index contributed by atoms with van der Waals surface area (Å²) in [5.41, 5.74) is 15.4. The second-order valence-corrected chi connectivity index (χ2v) is 16.3. The molecule has 12 aromatic carbocycles. The Morgan fingerprint density at radius 1 is 0.228 bits per heavy atom. The van der Waals surface area contributed by atoms with Crippen molar-refractivity contribution in [1.29, 1.82) is 0 Å². The minimum atomic E-state index is -0.461. The summed E-state index contributed by atoms with van der Waals surface area (Å²) in [4.78, 5) is 0. The van der Waals surface area contributed by atoms with Crippen LogP contribution in [0.15, 0.2) is 194 Å². The van der Waals surface area contributed by atoms with Crippen LogP contribution in [0.1, 0.15) is 22.3 Å². The lowest BCUT2D eigenvalue weighted by Gasteiger charge is -2.31. The van der Waals surface area contributed by atoms with E-state index in [-0.39, 0.29) is 0 Å². The quantitative estimate of drug-likeness (QED) is 0.156. The van der Waals surface area contributed by atoms with Gasteiger partial charge in [-0.1, -0.05) is 182 Å². The molecule has 0 amide bonds. The zero-order chi connectivity index (χ0) is 37.0. The van der Waals surface area contributed by atoms with Crippen molar-refractivity contribution in [3.63, 3.8) is 0 Å². The van der Waals surface area contributed by atoms with Gasteiger partial charge >= 0.3 is 0 Å². The van der Waals surface area contributed by atoms with Gasteiger partial charge in [-0.25, -0.2) is 0 Å². The van der Waals surface area contributed by atoms with Crippen molar-refractivity contribution < 1.29 is 0 Å². The van der Waals surface area contributed by atoms with Crippen LogP contribution in [0.25, 0.3) is 109 Å². The maximum absolute atomic E-state index is 2.54. The van der Waals surface area contributed by atoms with Crippen LogP contribution in [0, 0.1) is 0 Å². The first kappa shape index (κ1) is 30.0. The Bertz CT molecular complexity index is 3420. The molecule has 0 saturated heterocycles. The number of hydrogen-bond acceptors (Lipinski definition) is 0. The van der Waals surface area contributed by atoms with E-state index in [0.29, 0.717) is 0 Å². The molecule has 0 heterocycles. The van der Waals surface area contributed by atoms with Gasteiger partial charge in [-0.05, 0) is 144 Å². The fraction of sp³-hybridized carbons (Fsp3) is 0.0175. The second kappa shape index (κ2) is 10.5. The molecule has 0 nitrogen and oxygen atoms in total. The first-order chi connectivity index (χ1) is 28.3. The molecule has 0 heteroatoms. The van der Waals surface area contributed by atoms with E-state index in [4.69, 9.17) is 0 Å². The average Bonchev–Trinajstić information content (AvgIpc) is 3.74. The molecule has 1 spiro atoms. The summed E-state index contributed by atoms with van der Waals surface area (Å²) in [6.07, 6.45) is 0. The summed E-state index contributed by atoms with van der Waals surface area (Å²) in [7, 11) is 0. The molecule has 2 aliphatic carbocycles. The van der Waals surface area contributed by atoms with E-state index in [1.165, 1.54) is 131 Å². The van der Waals surface area contributed by atoms with Crippen LogP contribution in [-0.4, -0.2) is 0 Å². The zero-order valence-electron chi connectivity index (χ0n) is 31.0. The number of benzene rings is 12. The number of hydrogen-bond donors (Lipinski definition) is 0. The van der Waals surface area contributed by atoms with Crippen LogP contribution in [0.5, 0.6) is 0 Å². The van der Waals surface area contributed by atoms with E-state index in [1.54, 1.807) is 0 Å². The summed E-state index contributed by atoms with van der Waals surface area (Å²) in [5.74, 6) is 0. The number of rotatable bonds is 2. The smallest absolute Gasteiger partial charge is 0.0619 e. The molecular weight excluding hydrogens is 685 g/mol. The van der Waals surface area contributed by atoms with Crippen molar-refractivity contribution in [2.24, 2.45) is 0 Å². The highest BCUT2D eigenvalue weighted by atomic mass is 14.5. The van der Waals surface area contributed by atoms with Gasteiger partial charge in [-0.15, -0.1) is 0 Å². The van der Waals surface area contributed by atoms with Crippen LogP contribution in [0.2, 0.25) is 0 Å². The Labute approximate surface area is 329 Å². The fourth-order valence-electron chi connectivity index (χ4n) is 11.4. The molecule has 0 unspecified atom stereocenters. The van der Waals surface area contributed by atoms with Crippen molar-refractivity contribution >= 4 is 64.6 Å². The van der Waals surface area contributed by atoms with Gasteiger partial charge in [0.2, 0.25) is 0 Å². The molecule has 0 bridgehead atoms. The van der Waals surface area contributed by atoms with Crippen molar-refractivity contribution in [2.75, 3.05) is 0 Å². The Hall–Kier alpha value is -7.28. The van der Waals surface area contributed by atoms with Crippen molar-refractivity contribution in [1.82, 2.24) is 0 Å². The van der Waals surface area contributed by atoms with E-state index >= 15 is 0 Å². The Kier molecular flexibility index (Phi) is 5.53. The maximum atomic E-state index is 2.54. The predicted molar refractivity (Wildman–Crippen MR) is 241 cm³/mol. The van der Waals surface area contributed by atoms with E-state index in [2.05, 4.69) is 194 Å². The highest BCUT2D eigenvalue weighted by Gasteiger charge is 2.51. The van der Waals surface area contributed by atoms with Crippen molar-refractivity contribution in [2.45, 2.75) is 5.41 Å². The zero-order valence-corrected chi connectivity index (χ0v) is 31.0.